The zero-order valence-corrected chi connectivity index (χ0v) is 18.7. The molecule has 0 aliphatic rings. The third-order valence-corrected chi connectivity index (χ3v) is 4.27. The van der Waals surface area contributed by atoms with Crippen molar-refractivity contribution in [2.75, 3.05) is 7.11 Å². The van der Waals surface area contributed by atoms with Gasteiger partial charge in [-0.25, -0.2) is 10.2 Å². The van der Waals surface area contributed by atoms with Gasteiger partial charge in [0.25, 0.3) is 0 Å². The number of hydrogen-bond donors (Lipinski definition) is 1. The Hall–Kier alpha value is -2.15. The number of methoxy groups -OCH3 is 1. The van der Waals surface area contributed by atoms with Crippen LogP contribution in [0.4, 0.5) is 4.79 Å². The van der Waals surface area contributed by atoms with Crippen LogP contribution < -0.4 is 14.9 Å². The lowest BCUT2D eigenvalue weighted by Gasteiger charge is -2.18. The molecule has 1 amide bonds. The molecule has 2 aromatic rings. The molecule has 0 spiro atoms. The Morgan fingerprint density at radius 3 is 2.48 bits per heavy atom. The lowest BCUT2D eigenvalue weighted by molar-refractivity contribution is 0.0529. The van der Waals surface area contributed by atoms with Crippen molar-refractivity contribution < 1.29 is 19.0 Å². The van der Waals surface area contributed by atoms with Crippen LogP contribution in [0.5, 0.6) is 11.5 Å². The minimum absolute atomic E-state index is 0.180. The summed E-state index contributed by atoms with van der Waals surface area (Å²) in [5.41, 5.74) is 3.02. The molecular weight excluding hydrogens is 439 g/mol. The third-order valence-electron chi connectivity index (χ3n) is 3.41. The second-order valence-corrected chi connectivity index (χ2v) is 8.18. The van der Waals surface area contributed by atoms with E-state index in [1.807, 2.05) is 0 Å². The highest BCUT2D eigenvalue weighted by atomic mass is 35.5. The van der Waals surface area contributed by atoms with Gasteiger partial charge in [0, 0.05) is 15.6 Å². The highest BCUT2D eigenvalue weighted by Gasteiger charge is 2.16. The molecule has 0 fully saturated rings. The van der Waals surface area contributed by atoms with Crippen LogP contribution in [0.2, 0.25) is 15.1 Å². The molecule has 1 N–H and O–H groups in total. The van der Waals surface area contributed by atoms with Crippen molar-refractivity contribution in [1.82, 2.24) is 5.43 Å². The number of rotatable bonds is 6. The molecular formula is C20H21Cl3N2O4. The highest BCUT2D eigenvalue weighted by Crippen LogP contribution is 2.37. The minimum atomic E-state index is -0.661. The van der Waals surface area contributed by atoms with Gasteiger partial charge in [-0.05, 0) is 50.6 Å². The molecule has 0 atom stereocenters. The van der Waals surface area contributed by atoms with Crippen molar-refractivity contribution in [2.24, 2.45) is 5.10 Å². The second-order valence-electron chi connectivity index (χ2n) is 6.93. The average molecular weight is 460 g/mol. The zero-order chi connectivity index (χ0) is 21.6. The number of halogens is 3. The van der Waals surface area contributed by atoms with Crippen LogP contribution in [0.25, 0.3) is 0 Å². The Morgan fingerprint density at radius 2 is 1.86 bits per heavy atom. The lowest BCUT2D eigenvalue weighted by atomic mass is 10.2. The van der Waals surface area contributed by atoms with Crippen LogP contribution in [0.15, 0.2) is 35.4 Å². The van der Waals surface area contributed by atoms with Crippen LogP contribution in [-0.4, -0.2) is 25.0 Å². The van der Waals surface area contributed by atoms with Gasteiger partial charge < -0.3 is 14.2 Å². The average Bonchev–Trinajstić information content (AvgIpc) is 2.60. The monoisotopic (exact) mass is 458 g/mol. The van der Waals surface area contributed by atoms with E-state index in [2.05, 4.69) is 10.5 Å². The van der Waals surface area contributed by atoms with E-state index in [9.17, 15) is 4.79 Å². The number of hydrazone groups is 1. The van der Waals surface area contributed by atoms with Crippen molar-refractivity contribution in [3.05, 3.63) is 56.5 Å². The Labute approximate surface area is 184 Å². The van der Waals surface area contributed by atoms with Gasteiger partial charge in [0.2, 0.25) is 0 Å². The van der Waals surface area contributed by atoms with E-state index in [-0.39, 0.29) is 6.61 Å². The molecule has 0 saturated heterocycles. The predicted octanol–water partition coefficient (Wildman–Crippen LogP) is 6.09. The van der Waals surface area contributed by atoms with Crippen LogP contribution in [0, 0.1) is 0 Å². The fraction of sp³-hybridized carbons (Fsp3) is 0.300. The molecule has 0 aliphatic carbocycles. The van der Waals surface area contributed by atoms with E-state index in [1.165, 1.54) is 13.3 Å². The molecule has 0 unspecified atom stereocenters. The van der Waals surface area contributed by atoms with E-state index in [0.29, 0.717) is 32.1 Å². The zero-order valence-electron chi connectivity index (χ0n) is 16.4. The number of carbonyl (C=O) groups excluding carboxylic acids is 1. The summed E-state index contributed by atoms with van der Waals surface area (Å²) in [6.07, 6.45) is 0.754. The van der Waals surface area contributed by atoms with Crippen molar-refractivity contribution in [2.45, 2.75) is 33.0 Å². The van der Waals surface area contributed by atoms with Gasteiger partial charge in [0.1, 0.15) is 12.2 Å². The predicted molar refractivity (Wildman–Crippen MR) is 116 cm³/mol. The van der Waals surface area contributed by atoms with E-state index in [1.54, 1.807) is 51.1 Å². The Kier molecular flexibility index (Phi) is 8.02. The number of benzene rings is 2. The summed E-state index contributed by atoms with van der Waals surface area (Å²) in [7, 11) is 1.49. The molecule has 6 nitrogen and oxygen atoms in total. The SMILES string of the molecule is COc1cc(/C=N\NC(=O)OC(C)(C)C)cc(Cl)c1OCc1ccc(Cl)cc1Cl. The summed E-state index contributed by atoms with van der Waals surface area (Å²) in [6.45, 7) is 5.46. The van der Waals surface area contributed by atoms with Crippen LogP contribution in [-0.2, 0) is 11.3 Å². The molecule has 0 radical (unpaired) electrons. The number of carbonyl (C=O) groups is 1. The highest BCUT2D eigenvalue weighted by molar-refractivity contribution is 6.35. The smallest absolute Gasteiger partial charge is 0.428 e. The molecule has 29 heavy (non-hydrogen) atoms. The fourth-order valence-corrected chi connectivity index (χ4v) is 2.94. The van der Waals surface area contributed by atoms with Gasteiger partial charge in [-0.2, -0.15) is 5.10 Å². The maximum Gasteiger partial charge on any atom is 0.428 e. The van der Waals surface area contributed by atoms with Crippen molar-refractivity contribution in [3.63, 3.8) is 0 Å². The van der Waals surface area contributed by atoms with Crippen LogP contribution in [0.1, 0.15) is 31.9 Å². The minimum Gasteiger partial charge on any atom is -0.493 e. The summed E-state index contributed by atoms with van der Waals surface area (Å²) >= 11 is 18.4. The fourth-order valence-electron chi connectivity index (χ4n) is 2.20. The quantitative estimate of drug-likeness (QED) is 0.419. The summed E-state index contributed by atoms with van der Waals surface area (Å²) < 4.78 is 16.3. The lowest BCUT2D eigenvalue weighted by Crippen LogP contribution is -2.29. The molecule has 9 heteroatoms. The number of hydrogen-bond acceptors (Lipinski definition) is 5. The number of nitrogens with one attached hydrogen (secondary N) is 1. The van der Waals surface area contributed by atoms with Gasteiger partial charge in [-0.1, -0.05) is 40.9 Å². The topological polar surface area (TPSA) is 69.2 Å². The molecule has 2 rings (SSSR count). The number of nitrogens with zero attached hydrogens (tertiary/aromatic N) is 1. The first-order valence-corrected chi connectivity index (χ1v) is 9.69. The maximum absolute atomic E-state index is 11.6. The Morgan fingerprint density at radius 1 is 1.14 bits per heavy atom. The van der Waals surface area contributed by atoms with Gasteiger partial charge in [-0.15, -0.1) is 0 Å². The van der Waals surface area contributed by atoms with E-state index in [4.69, 9.17) is 49.0 Å². The Balaban J connectivity index is 2.10. The third kappa shape index (κ3) is 7.31. The van der Waals surface area contributed by atoms with E-state index in [0.717, 1.165) is 5.56 Å². The van der Waals surface area contributed by atoms with Crippen molar-refractivity contribution in [1.29, 1.82) is 0 Å². The molecule has 0 bridgehead atoms. The van der Waals surface area contributed by atoms with Gasteiger partial charge in [0.15, 0.2) is 11.5 Å². The molecule has 0 heterocycles. The summed E-state index contributed by atoms with van der Waals surface area (Å²) in [4.78, 5) is 11.6. The van der Waals surface area contributed by atoms with Crippen LogP contribution in [0.3, 0.4) is 0 Å². The van der Waals surface area contributed by atoms with Crippen molar-refractivity contribution in [3.8, 4) is 11.5 Å². The molecule has 0 saturated carbocycles. The Bertz CT molecular complexity index is 911. The summed E-state index contributed by atoms with van der Waals surface area (Å²) in [5, 5.41) is 5.19. The number of amides is 1. The molecule has 2 aromatic carbocycles. The van der Waals surface area contributed by atoms with Gasteiger partial charge in [0.05, 0.1) is 18.3 Å². The van der Waals surface area contributed by atoms with E-state index < -0.39 is 11.7 Å². The second kappa shape index (κ2) is 10.1. The standard InChI is InChI=1S/C20H21Cl3N2O4/c1-20(2,3)29-19(26)25-24-10-12-7-16(23)18(17(8-12)27-4)28-11-13-5-6-14(21)9-15(13)22/h5-10H,11H2,1-4H3,(H,25,26)/b24-10-. The molecule has 156 valence electrons. The molecule has 0 aliphatic heterocycles. The largest absolute Gasteiger partial charge is 0.493 e. The van der Waals surface area contributed by atoms with Crippen LogP contribution >= 0.6 is 34.8 Å². The summed E-state index contributed by atoms with van der Waals surface area (Å²) in [6, 6.07) is 8.43. The first-order chi connectivity index (χ1) is 13.6. The van der Waals surface area contributed by atoms with Gasteiger partial charge in [-0.3, -0.25) is 0 Å². The number of ether oxygens (including phenoxy) is 3. The van der Waals surface area contributed by atoms with Crippen molar-refractivity contribution >= 4 is 47.1 Å². The normalized spacial score (nSPS) is 11.4. The first-order valence-electron chi connectivity index (χ1n) is 8.55. The maximum atomic E-state index is 11.6. The molecule has 0 aromatic heterocycles. The van der Waals surface area contributed by atoms with E-state index >= 15 is 0 Å². The first kappa shape index (κ1) is 23.1. The van der Waals surface area contributed by atoms with Gasteiger partial charge >= 0.3 is 6.09 Å². The summed E-state index contributed by atoms with van der Waals surface area (Å²) in [5.74, 6) is 0.763.